The standard InChI is InChI=1S/C12H13ClN4O4/c13-8-3-6(4-9(11(8)14)17(20)21)12(19)15-5-10(18)16-7-1-2-7/h3-4,7H,1-2,5,14H2,(H,15,19)(H,16,18). The minimum atomic E-state index is -0.724. The molecule has 0 atom stereocenters. The molecule has 0 aliphatic heterocycles. The van der Waals surface area contributed by atoms with Gasteiger partial charge in [-0.3, -0.25) is 19.7 Å². The van der Waals surface area contributed by atoms with Crippen molar-refractivity contribution in [3.63, 3.8) is 0 Å². The molecule has 1 aliphatic rings. The van der Waals surface area contributed by atoms with Crippen molar-refractivity contribution < 1.29 is 14.5 Å². The van der Waals surface area contributed by atoms with E-state index in [1.165, 1.54) is 6.07 Å². The van der Waals surface area contributed by atoms with Crippen molar-refractivity contribution in [3.8, 4) is 0 Å². The second-order valence-electron chi connectivity index (χ2n) is 4.67. The first-order valence-corrected chi connectivity index (χ1v) is 6.57. The minimum absolute atomic E-state index is 0.0277. The molecule has 1 aromatic rings. The van der Waals surface area contributed by atoms with Crippen LogP contribution in [0.3, 0.4) is 0 Å². The molecule has 0 spiro atoms. The Balaban J connectivity index is 2.04. The van der Waals surface area contributed by atoms with Crippen LogP contribution in [0.15, 0.2) is 12.1 Å². The summed E-state index contributed by atoms with van der Waals surface area (Å²) >= 11 is 5.76. The molecule has 9 heteroatoms. The maximum absolute atomic E-state index is 11.9. The van der Waals surface area contributed by atoms with Crippen LogP contribution < -0.4 is 16.4 Å². The summed E-state index contributed by atoms with van der Waals surface area (Å²) in [6, 6.07) is 2.44. The zero-order valence-corrected chi connectivity index (χ0v) is 11.6. The summed E-state index contributed by atoms with van der Waals surface area (Å²) in [6.45, 7) is -0.203. The highest BCUT2D eigenvalue weighted by atomic mass is 35.5. The topological polar surface area (TPSA) is 127 Å². The highest BCUT2D eigenvalue weighted by Crippen LogP contribution is 2.30. The summed E-state index contributed by atoms with van der Waals surface area (Å²) < 4.78 is 0. The van der Waals surface area contributed by atoms with E-state index in [2.05, 4.69) is 10.6 Å². The number of nitrogens with one attached hydrogen (secondary N) is 2. The van der Waals surface area contributed by atoms with Gasteiger partial charge in [0.05, 0.1) is 16.5 Å². The van der Waals surface area contributed by atoms with Crippen molar-refractivity contribution in [2.75, 3.05) is 12.3 Å². The lowest BCUT2D eigenvalue weighted by atomic mass is 10.1. The fourth-order valence-corrected chi connectivity index (χ4v) is 1.87. The molecule has 0 bridgehead atoms. The Bertz CT molecular complexity index is 616. The maximum atomic E-state index is 11.9. The Hall–Kier alpha value is -2.35. The van der Waals surface area contributed by atoms with E-state index >= 15 is 0 Å². The van der Waals surface area contributed by atoms with E-state index in [1.54, 1.807) is 0 Å². The van der Waals surface area contributed by atoms with E-state index in [0.717, 1.165) is 18.9 Å². The number of hydrogen-bond acceptors (Lipinski definition) is 5. The second kappa shape index (κ2) is 5.96. The molecule has 1 saturated carbocycles. The SMILES string of the molecule is Nc1c(Cl)cc(C(=O)NCC(=O)NC2CC2)cc1[N+](=O)[O-]. The van der Waals surface area contributed by atoms with Crippen LogP contribution in [0.2, 0.25) is 5.02 Å². The van der Waals surface area contributed by atoms with E-state index in [-0.39, 0.29) is 34.8 Å². The molecule has 1 fully saturated rings. The number of nitrogen functional groups attached to an aromatic ring is 1. The number of nitro benzene ring substituents is 1. The maximum Gasteiger partial charge on any atom is 0.294 e. The van der Waals surface area contributed by atoms with Crippen molar-refractivity contribution in [2.45, 2.75) is 18.9 Å². The van der Waals surface area contributed by atoms with Gasteiger partial charge in [0.1, 0.15) is 5.69 Å². The molecular weight excluding hydrogens is 300 g/mol. The lowest BCUT2D eigenvalue weighted by Gasteiger charge is -2.07. The quantitative estimate of drug-likeness (QED) is 0.421. The molecule has 1 aliphatic carbocycles. The first kappa shape index (κ1) is 15.0. The number of rotatable bonds is 5. The van der Waals surface area contributed by atoms with Crippen LogP contribution >= 0.6 is 11.6 Å². The van der Waals surface area contributed by atoms with Crippen LogP contribution in [0.1, 0.15) is 23.2 Å². The second-order valence-corrected chi connectivity index (χ2v) is 5.08. The van der Waals surface area contributed by atoms with Crippen molar-refractivity contribution in [1.29, 1.82) is 0 Å². The van der Waals surface area contributed by atoms with E-state index in [0.29, 0.717) is 0 Å². The van der Waals surface area contributed by atoms with Gasteiger partial charge >= 0.3 is 0 Å². The van der Waals surface area contributed by atoms with Gasteiger partial charge in [-0.25, -0.2) is 0 Å². The molecule has 21 heavy (non-hydrogen) atoms. The van der Waals surface area contributed by atoms with Crippen LogP contribution in [0.25, 0.3) is 0 Å². The predicted octanol–water partition coefficient (Wildman–Crippen LogP) is 0.839. The zero-order valence-electron chi connectivity index (χ0n) is 10.9. The third kappa shape index (κ3) is 3.82. The predicted molar refractivity (Wildman–Crippen MR) is 76.0 cm³/mol. The molecule has 112 valence electrons. The molecular formula is C12H13ClN4O4. The number of nitro groups is 1. The van der Waals surface area contributed by atoms with Crippen molar-refractivity contribution in [2.24, 2.45) is 0 Å². The number of amides is 2. The molecule has 2 amide bonds. The lowest BCUT2D eigenvalue weighted by Crippen LogP contribution is -2.37. The fourth-order valence-electron chi connectivity index (χ4n) is 1.65. The van der Waals surface area contributed by atoms with Crippen LogP contribution in [0, 0.1) is 10.1 Å². The van der Waals surface area contributed by atoms with Crippen LogP contribution in [-0.2, 0) is 4.79 Å². The highest BCUT2D eigenvalue weighted by Gasteiger charge is 2.24. The van der Waals surface area contributed by atoms with Gasteiger partial charge in [-0.05, 0) is 18.9 Å². The van der Waals surface area contributed by atoms with Gasteiger partial charge in [0.25, 0.3) is 11.6 Å². The molecule has 8 nitrogen and oxygen atoms in total. The minimum Gasteiger partial charge on any atom is -0.392 e. The Morgan fingerprint density at radius 2 is 2.10 bits per heavy atom. The van der Waals surface area contributed by atoms with Gasteiger partial charge in [-0.2, -0.15) is 0 Å². The summed E-state index contributed by atoms with van der Waals surface area (Å²) in [5.41, 5.74) is 4.79. The van der Waals surface area contributed by atoms with Crippen LogP contribution in [-0.4, -0.2) is 29.3 Å². The van der Waals surface area contributed by atoms with Gasteiger partial charge in [0.2, 0.25) is 5.91 Å². The summed E-state index contributed by atoms with van der Waals surface area (Å²) in [6.07, 6.45) is 1.89. The van der Waals surface area contributed by atoms with Gasteiger partial charge in [0, 0.05) is 17.7 Å². The molecule has 2 rings (SSSR count). The summed E-state index contributed by atoms with van der Waals surface area (Å²) in [5, 5.41) is 15.8. The number of hydrogen-bond donors (Lipinski definition) is 3. The number of carbonyl (C=O) groups is 2. The lowest BCUT2D eigenvalue weighted by molar-refractivity contribution is -0.383. The monoisotopic (exact) mass is 312 g/mol. The number of anilines is 1. The molecule has 0 unspecified atom stereocenters. The normalized spacial score (nSPS) is 13.6. The number of carbonyl (C=O) groups excluding carboxylic acids is 2. The molecule has 0 radical (unpaired) electrons. The molecule has 0 aromatic heterocycles. The Kier molecular flexibility index (Phi) is 4.27. The van der Waals surface area contributed by atoms with Crippen LogP contribution in [0.5, 0.6) is 0 Å². The van der Waals surface area contributed by atoms with E-state index in [1.807, 2.05) is 0 Å². The molecule has 4 N–H and O–H groups in total. The Labute approximate surface area is 124 Å². The number of nitrogens with zero attached hydrogens (tertiary/aromatic N) is 1. The molecule has 0 saturated heterocycles. The van der Waals surface area contributed by atoms with Gasteiger partial charge in [-0.15, -0.1) is 0 Å². The number of benzene rings is 1. The Morgan fingerprint density at radius 1 is 1.43 bits per heavy atom. The first-order valence-electron chi connectivity index (χ1n) is 6.19. The zero-order chi connectivity index (χ0) is 15.6. The first-order chi connectivity index (χ1) is 9.88. The van der Waals surface area contributed by atoms with E-state index < -0.39 is 16.5 Å². The summed E-state index contributed by atoms with van der Waals surface area (Å²) in [4.78, 5) is 33.4. The van der Waals surface area contributed by atoms with Crippen LogP contribution in [0.4, 0.5) is 11.4 Å². The van der Waals surface area contributed by atoms with Gasteiger partial charge in [-0.1, -0.05) is 11.6 Å². The van der Waals surface area contributed by atoms with Crippen molar-refractivity contribution >= 4 is 34.8 Å². The Morgan fingerprint density at radius 3 is 2.67 bits per heavy atom. The summed E-state index contributed by atoms with van der Waals surface area (Å²) in [7, 11) is 0. The highest BCUT2D eigenvalue weighted by molar-refractivity contribution is 6.34. The number of halogens is 1. The molecule has 0 heterocycles. The average molecular weight is 313 g/mol. The van der Waals surface area contributed by atoms with Gasteiger partial charge < -0.3 is 16.4 Å². The third-order valence-corrected chi connectivity index (χ3v) is 3.23. The summed E-state index contributed by atoms with van der Waals surface area (Å²) in [5.74, 6) is -0.937. The fraction of sp³-hybridized carbons (Fsp3) is 0.333. The largest absolute Gasteiger partial charge is 0.392 e. The van der Waals surface area contributed by atoms with E-state index in [4.69, 9.17) is 17.3 Å². The smallest absolute Gasteiger partial charge is 0.294 e. The van der Waals surface area contributed by atoms with Gasteiger partial charge in [0.15, 0.2) is 0 Å². The van der Waals surface area contributed by atoms with Crippen molar-refractivity contribution in [1.82, 2.24) is 10.6 Å². The average Bonchev–Trinajstić information content (AvgIpc) is 3.22. The third-order valence-electron chi connectivity index (χ3n) is 2.92. The van der Waals surface area contributed by atoms with Crippen molar-refractivity contribution in [3.05, 3.63) is 32.8 Å². The van der Waals surface area contributed by atoms with E-state index in [9.17, 15) is 19.7 Å². The molecule has 1 aromatic carbocycles. The number of nitrogens with two attached hydrogens (primary N) is 1.